The molecule has 34 heavy (non-hydrogen) atoms. The minimum Gasteiger partial charge on any atom is -0.479 e. The Bertz CT molecular complexity index is 1090. The maximum atomic E-state index is 13.0. The first-order chi connectivity index (χ1) is 16.5. The molecule has 4 atom stereocenters. The average molecular weight is 461 g/mol. The number of carboxylic acids is 1. The molecule has 4 rings (SSSR count). The molecule has 0 spiro atoms. The quantitative estimate of drug-likeness (QED) is 0.332. The molecule has 1 aromatic heterocycles. The van der Waals surface area contributed by atoms with Gasteiger partial charge in [0, 0.05) is 30.9 Å². The lowest BCUT2D eigenvalue weighted by Gasteiger charge is -2.22. The van der Waals surface area contributed by atoms with Gasteiger partial charge in [0.1, 0.15) is 6.04 Å². The Balaban J connectivity index is 1.41. The fraction of sp³-hybridized carbons (Fsp3) is 0.269. The van der Waals surface area contributed by atoms with Gasteiger partial charge in [-0.15, -0.1) is 0 Å². The summed E-state index contributed by atoms with van der Waals surface area (Å²) in [6.07, 6.45) is 2.72. The van der Waals surface area contributed by atoms with Crippen LogP contribution in [0.25, 0.3) is 11.1 Å². The number of amides is 1. The van der Waals surface area contributed by atoms with Crippen LogP contribution in [0.3, 0.4) is 0 Å². The van der Waals surface area contributed by atoms with Gasteiger partial charge >= 0.3 is 5.97 Å². The van der Waals surface area contributed by atoms with Crippen molar-refractivity contribution in [3.63, 3.8) is 0 Å². The number of aliphatic hydroxyl groups excluding tert-OH is 1. The molecular formula is C26H28N4O4. The van der Waals surface area contributed by atoms with E-state index in [0.29, 0.717) is 12.8 Å². The largest absolute Gasteiger partial charge is 0.479 e. The van der Waals surface area contributed by atoms with Crippen LogP contribution in [0.4, 0.5) is 0 Å². The smallest absolute Gasteiger partial charge is 0.332 e. The van der Waals surface area contributed by atoms with Crippen molar-refractivity contribution < 1.29 is 19.8 Å². The fourth-order valence-corrected chi connectivity index (χ4v) is 4.14. The van der Waals surface area contributed by atoms with Crippen LogP contribution in [0.2, 0.25) is 0 Å². The van der Waals surface area contributed by atoms with Crippen molar-refractivity contribution in [2.24, 2.45) is 0 Å². The van der Waals surface area contributed by atoms with E-state index in [1.807, 2.05) is 66.7 Å². The van der Waals surface area contributed by atoms with E-state index in [-0.39, 0.29) is 18.4 Å². The number of aliphatic hydroxyl groups is 1. The molecule has 2 heterocycles. The lowest BCUT2D eigenvalue weighted by Crippen LogP contribution is -2.48. The van der Waals surface area contributed by atoms with E-state index in [1.54, 1.807) is 12.4 Å². The zero-order valence-electron chi connectivity index (χ0n) is 18.6. The molecule has 0 saturated carbocycles. The van der Waals surface area contributed by atoms with Crippen molar-refractivity contribution >= 4 is 11.9 Å². The van der Waals surface area contributed by atoms with Gasteiger partial charge in [-0.05, 0) is 41.2 Å². The second-order valence-corrected chi connectivity index (χ2v) is 8.48. The van der Waals surface area contributed by atoms with Crippen molar-refractivity contribution in [2.75, 3.05) is 0 Å². The van der Waals surface area contributed by atoms with Gasteiger partial charge in [0.25, 0.3) is 0 Å². The normalized spacial score (nSPS) is 19.3. The second kappa shape index (κ2) is 11.0. The van der Waals surface area contributed by atoms with Crippen molar-refractivity contribution in [1.82, 2.24) is 21.2 Å². The third kappa shape index (κ3) is 6.05. The number of carbonyl (C=O) groups excluding carboxylic acids is 1. The molecule has 1 amide bonds. The van der Waals surface area contributed by atoms with Gasteiger partial charge in [0.2, 0.25) is 5.91 Å². The molecule has 1 saturated heterocycles. The Hall–Kier alpha value is -3.59. The van der Waals surface area contributed by atoms with Gasteiger partial charge in [-0.25, -0.2) is 15.6 Å². The van der Waals surface area contributed by atoms with Crippen LogP contribution < -0.4 is 16.2 Å². The van der Waals surface area contributed by atoms with E-state index < -0.39 is 24.2 Å². The highest BCUT2D eigenvalue weighted by molar-refractivity contribution is 5.82. The molecule has 1 aliphatic rings. The molecule has 8 heteroatoms. The molecule has 2 aromatic carbocycles. The number of hydrogen-bond acceptors (Lipinski definition) is 6. The number of carbonyl (C=O) groups is 2. The van der Waals surface area contributed by atoms with E-state index in [9.17, 15) is 19.8 Å². The molecule has 0 aliphatic carbocycles. The Morgan fingerprint density at radius 3 is 2.41 bits per heavy atom. The van der Waals surface area contributed by atoms with Gasteiger partial charge in [-0.1, -0.05) is 60.7 Å². The minimum atomic E-state index is -1.56. The number of aromatic nitrogens is 1. The lowest BCUT2D eigenvalue weighted by molar-refractivity contribution is -0.147. The summed E-state index contributed by atoms with van der Waals surface area (Å²) in [7, 11) is 0. The molecule has 1 fully saturated rings. The van der Waals surface area contributed by atoms with E-state index in [1.165, 1.54) is 0 Å². The number of pyridine rings is 1. The van der Waals surface area contributed by atoms with Crippen molar-refractivity contribution in [3.05, 3.63) is 90.3 Å². The first kappa shape index (κ1) is 23.6. The summed E-state index contributed by atoms with van der Waals surface area (Å²) in [6.45, 7) is 0. The van der Waals surface area contributed by atoms with E-state index >= 15 is 0 Å². The molecule has 1 aliphatic heterocycles. The first-order valence-electron chi connectivity index (χ1n) is 11.3. The number of aliphatic carboxylic acids is 1. The number of rotatable bonds is 9. The van der Waals surface area contributed by atoms with E-state index in [2.05, 4.69) is 21.2 Å². The zero-order valence-corrected chi connectivity index (χ0v) is 18.6. The highest BCUT2D eigenvalue weighted by atomic mass is 16.4. The summed E-state index contributed by atoms with van der Waals surface area (Å²) < 4.78 is 0. The average Bonchev–Trinajstić information content (AvgIpc) is 3.36. The third-order valence-electron chi connectivity index (χ3n) is 5.99. The zero-order chi connectivity index (χ0) is 23.9. The fourth-order valence-electron chi connectivity index (χ4n) is 4.14. The Labute approximate surface area is 198 Å². The van der Waals surface area contributed by atoms with Crippen molar-refractivity contribution in [3.8, 4) is 11.1 Å². The van der Waals surface area contributed by atoms with Crippen molar-refractivity contribution in [1.29, 1.82) is 0 Å². The van der Waals surface area contributed by atoms with Crippen LogP contribution in [0.5, 0.6) is 0 Å². The molecule has 3 aromatic rings. The summed E-state index contributed by atoms with van der Waals surface area (Å²) in [5.41, 5.74) is 10.2. The molecule has 8 nitrogen and oxygen atoms in total. The summed E-state index contributed by atoms with van der Waals surface area (Å²) in [5.74, 6) is -1.56. The predicted octanol–water partition coefficient (Wildman–Crippen LogP) is 2.22. The minimum absolute atomic E-state index is 0.0574. The SMILES string of the molecule is O=C(N[C@H](Cc1ccc(-c2ccccc2)cc1)C[C@@H](O)C(=O)O)C1CC(c2cccnc2)NN1. The highest BCUT2D eigenvalue weighted by Gasteiger charge is 2.32. The molecule has 176 valence electrons. The van der Waals surface area contributed by atoms with Crippen LogP contribution >= 0.6 is 0 Å². The molecule has 2 unspecified atom stereocenters. The van der Waals surface area contributed by atoms with E-state index in [0.717, 1.165) is 22.3 Å². The maximum Gasteiger partial charge on any atom is 0.332 e. The maximum absolute atomic E-state index is 13.0. The summed E-state index contributed by atoms with van der Waals surface area (Å²) in [5, 5.41) is 22.1. The summed E-state index contributed by atoms with van der Waals surface area (Å²) >= 11 is 0. The first-order valence-corrected chi connectivity index (χ1v) is 11.3. The standard InChI is InChI=1S/C26H28N4O4/c31-24(26(33)34)14-21(13-17-8-10-19(11-9-17)18-5-2-1-3-6-18)28-25(32)23-15-22(29-30-23)20-7-4-12-27-16-20/h1-12,16,21-24,29-31H,13-15H2,(H,28,32)(H,33,34)/t21-,22?,23?,24-/m1/s1. The number of hydrazine groups is 1. The molecule has 0 bridgehead atoms. The number of carboxylic acid groups (broad SMARTS) is 1. The van der Waals surface area contributed by atoms with Gasteiger partial charge in [0.05, 0.1) is 0 Å². The van der Waals surface area contributed by atoms with Gasteiger partial charge in [-0.3, -0.25) is 9.78 Å². The second-order valence-electron chi connectivity index (χ2n) is 8.48. The van der Waals surface area contributed by atoms with Crippen LogP contribution in [-0.2, 0) is 16.0 Å². The molecule has 5 N–H and O–H groups in total. The number of hydrogen-bond donors (Lipinski definition) is 5. The molecular weight excluding hydrogens is 432 g/mol. The van der Waals surface area contributed by atoms with Crippen LogP contribution in [0.1, 0.15) is 30.0 Å². The van der Waals surface area contributed by atoms with Gasteiger partial charge in [0.15, 0.2) is 6.10 Å². The Morgan fingerprint density at radius 1 is 1.00 bits per heavy atom. The van der Waals surface area contributed by atoms with Gasteiger partial charge < -0.3 is 15.5 Å². The van der Waals surface area contributed by atoms with Crippen LogP contribution in [-0.4, -0.2) is 45.3 Å². The summed E-state index contributed by atoms with van der Waals surface area (Å²) in [6, 6.07) is 20.6. The van der Waals surface area contributed by atoms with Crippen molar-refractivity contribution in [2.45, 2.75) is 43.5 Å². The lowest BCUT2D eigenvalue weighted by atomic mass is 9.97. The van der Waals surface area contributed by atoms with Gasteiger partial charge in [-0.2, -0.15) is 0 Å². The topological polar surface area (TPSA) is 124 Å². The number of benzene rings is 2. The number of nitrogens with one attached hydrogen (secondary N) is 3. The summed E-state index contributed by atoms with van der Waals surface area (Å²) in [4.78, 5) is 28.3. The third-order valence-corrected chi connectivity index (χ3v) is 5.99. The Morgan fingerprint density at radius 2 is 1.74 bits per heavy atom. The van der Waals surface area contributed by atoms with Crippen LogP contribution in [0, 0.1) is 0 Å². The van der Waals surface area contributed by atoms with Crippen LogP contribution in [0.15, 0.2) is 79.1 Å². The Kier molecular flexibility index (Phi) is 7.64. The predicted molar refractivity (Wildman–Crippen MR) is 127 cm³/mol. The molecule has 0 radical (unpaired) electrons. The highest BCUT2D eigenvalue weighted by Crippen LogP contribution is 2.22. The van der Waals surface area contributed by atoms with E-state index in [4.69, 9.17) is 0 Å². The monoisotopic (exact) mass is 460 g/mol. The number of nitrogens with zero attached hydrogens (tertiary/aromatic N) is 1.